The zero-order chi connectivity index (χ0) is 14.4. The molecule has 0 spiro atoms. The number of nitrogens with one attached hydrogen (secondary N) is 1. The summed E-state index contributed by atoms with van der Waals surface area (Å²) in [5, 5.41) is 4.41. The molecule has 20 heavy (non-hydrogen) atoms. The van der Waals surface area contributed by atoms with Gasteiger partial charge in [-0.25, -0.2) is 0 Å². The molecule has 0 bridgehead atoms. The molecule has 0 saturated carbocycles. The molecule has 1 saturated heterocycles. The molecular formula is C17H26ClNO. The molecule has 1 aliphatic heterocycles. The predicted octanol–water partition coefficient (Wildman–Crippen LogP) is 4.38. The first-order valence-electron chi connectivity index (χ1n) is 7.81. The van der Waals surface area contributed by atoms with Crippen LogP contribution in [0.25, 0.3) is 0 Å². The molecule has 3 heteroatoms. The molecule has 3 unspecified atom stereocenters. The largest absolute Gasteiger partial charge is 0.375 e. The first kappa shape index (κ1) is 15.8. The fourth-order valence-electron chi connectivity index (χ4n) is 2.96. The van der Waals surface area contributed by atoms with Crippen molar-refractivity contribution < 1.29 is 4.74 Å². The van der Waals surface area contributed by atoms with Gasteiger partial charge in [0.05, 0.1) is 12.2 Å². The van der Waals surface area contributed by atoms with Gasteiger partial charge < -0.3 is 10.1 Å². The van der Waals surface area contributed by atoms with Crippen molar-refractivity contribution in [1.29, 1.82) is 0 Å². The van der Waals surface area contributed by atoms with E-state index in [0.717, 1.165) is 31.0 Å². The van der Waals surface area contributed by atoms with Gasteiger partial charge in [0.1, 0.15) is 0 Å². The Hall–Kier alpha value is -0.570. The summed E-state index contributed by atoms with van der Waals surface area (Å²) in [4.78, 5) is 0. The molecule has 2 rings (SSSR count). The molecule has 1 aliphatic rings. The van der Waals surface area contributed by atoms with Gasteiger partial charge in [-0.15, -0.1) is 0 Å². The smallest absolute Gasteiger partial charge is 0.0586 e. The second-order valence-corrected chi connectivity index (χ2v) is 6.21. The van der Waals surface area contributed by atoms with Crippen LogP contribution in [-0.2, 0) is 4.74 Å². The van der Waals surface area contributed by atoms with Crippen LogP contribution in [0.5, 0.6) is 0 Å². The van der Waals surface area contributed by atoms with Crippen LogP contribution < -0.4 is 5.32 Å². The van der Waals surface area contributed by atoms with Gasteiger partial charge in [0.15, 0.2) is 0 Å². The maximum absolute atomic E-state index is 6.38. The SMILES string of the molecule is CCCNCC(CC1CCC(C)O1)c1ccccc1Cl. The fraction of sp³-hybridized carbons (Fsp3) is 0.647. The quantitative estimate of drug-likeness (QED) is 0.754. The Labute approximate surface area is 127 Å². The normalized spacial score (nSPS) is 23.9. The van der Waals surface area contributed by atoms with Crippen LogP contribution in [0.3, 0.4) is 0 Å². The highest BCUT2D eigenvalue weighted by molar-refractivity contribution is 6.31. The minimum atomic E-state index is 0.384. The van der Waals surface area contributed by atoms with Crippen molar-refractivity contribution in [3.05, 3.63) is 34.9 Å². The van der Waals surface area contributed by atoms with E-state index >= 15 is 0 Å². The summed E-state index contributed by atoms with van der Waals surface area (Å²) in [5.41, 5.74) is 1.25. The minimum Gasteiger partial charge on any atom is -0.375 e. The lowest BCUT2D eigenvalue weighted by Crippen LogP contribution is -2.25. The standard InChI is InChI=1S/C17H26ClNO/c1-3-10-19-12-14(11-15-9-8-13(2)20-15)16-6-4-5-7-17(16)18/h4-7,13-15,19H,3,8-12H2,1-2H3. The van der Waals surface area contributed by atoms with Crippen LogP contribution in [0, 0.1) is 0 Å². The summed E-state index contributed by atoms with van der Waals surface area (Å²) in [6.07, 6.45) is 5.38. The van der Waals surface area contributed by atoms with Crippen LogP contribution in [0.1, 0.15) is 51.0 Å². The molecule has 0 amide bonds. The fourth-order valence-corrected chi connectivity index (χ4v) is 3.25. The van der Waals surface area contributed by atoms with Crippen molar-refractivity contribution in [2.24, 2.45) is 0 Å². The highest BCUT2D eigenvalue weighted by Crippen LogP contribution is 2.32. The third-order valence-corrected chi connectivity index (χ3v) is 4.37. The first-order valence-corrected chi connectivity index (χ1v) is 8.19. The monoisotopic (exact) mass is 295 g/mol. The van der Waals surface area contributed by atoms with E-state index in [0.29, 0.717) is 18.1 Å². The summed E-state index contributed by atoms with van der Waals surface area (Å²) in [6, 6.07) is 8.21. The Bertz CT molecular complexity index is 410. The number of hydrogen-bond acceptors (Lipinski definition) is 2. The highest BCUT2D eigenvalue weighted by Gasteiger charge is 2.26. The number of ether oxygens (including phenoxy) is 1. The van der Waals surface area contributed by atoms with E-state index in [1.165, 1.54) is 18.4 Å². The molecule has 0 aliphatic carbocycles. The Balaban J connectivity index is 2.02. The molecule has 2 nitrogen and oxygen atoms in total. The molecule has 1 heterocycles. The van der Waals surface area contributed by atoms with E-state index in [1.807, 2.05) is 12.1 Å². The lowest BCUT2D eigenvalue weighted by Gasteiger charge is -2.22. The second-order valence-electron chi connectivity index (χ2n) is 5.80. The van der Waals surface area contributed by atoms with E-state index in [1.54, 1.807) is 0 Å². The second kappa shape index (κ2) is 8.02. The molecule has 1 fully saturated rings. The molecule has 1 aromatic rings. The van der Waals surface area contributed by atoms with Crippen LogP contribution in [0.15, 0.2) is 24.3 Å². The average molecular weight is 296 g/mol. The molecule has 3 atom stereocenters. The molecule has 0 aromatic heterocycles. The van der Waals surface area contributed by atoms with Gasteiger partial charge in [0.2, 0.25) is 0 Å². The van der Waals surface area contributed by atoms with Gasteiger partial charge in [-0.2, -0.15) is 0 Å². The van der Waals surface area contributed by atoms with E-state index < -0.39 is 0 Å². The van der Waals surface area contributed by atoms with Gasteiger partial charge in [0, 0.05) is 17.5 Å². The van der Waals surface area contributed by atoms with Crippen LogP contribution in [-0.4, -0.2) is 25.3 Å². The van der Waals surface area contributed by atoms with Gasteiger partial charge in [-0.05, 0) is 50.8 Å². The average Bonchev–Trinajstić information content (AvgIpc) is 2.84. The van der Waals surface area contributed by atoms with Crippen molar-refractivity contribution >= 4 is 11.6 Å². The van der Waals surface area contributed by atoms with Crippen molar-refractivity contribution in [2.75, 3.05) is 13.1 Å². The molecule has 112 valence electrons. The molecular weight excluding hydrogens is 270 g/mol. The van der Waals surface area contributed by atoms with Crippen LogP contribution >= 0.6 is 11.6 Å². The lowest BCUT2D eigenvalue weighted by molar-refractivity contribution is 0.0466. The maximum atomic E-state index is 6.38. The highest BCUT2D eigenvalue weighted by atomic mass is 35.5. The number of benzene rings is 1. The lowest BCUT2D eigenvalue weighted by atomic mass is 9.92. The third-order valence-electron chi connectivity index (χ3n) is 4.03. The van der Waals surface area contributed by atoms with Crippen LogP contribution in [0.2, 0.25) is 5.02 Å². The van der Waals surface area contributed by atoms with Crippen LogP contribution in [0.4, 0.5) is 0 Å². The third kappa shape index (κ3) is 4.47. The molecule has 0 radical (unpaired) electrons. The summed E-state index contributed by atoms with van der Waals surface area (Å²) in [7, 11) is 0. The van der Waals surface area contributed by atoms with Gasteiger partial charge >= 0.3 is 0 Å². The van der Waals surface area contributed by atoms with Crippen molar-refractivity contribution in [3.8, 4) is 0 Å². The van der Waals surface area contributed by atoms with Gasteiger partial charge in [-0.1, -0.05) is 36.7 Å². The van der Waals surface area contributed by atoms with Crippen molar-refractivity contribution in [2.45, 2.75) is 57.7 Å². The molecule has 1 N–H and O–H groups in total. The molecule has 1 aromatic carbocycles. The Morgan fingerprint density at radius 2 is 2.15 bits per heavy atom. The van der Waals surface area contributed by atoms with E-state index in [-0.39, 0.29) is 0 Å². The summed E-state index contributed by atoms with van der Waals surface area (Å²) in [5.74, 6) is 0.436. The number of rotatable bonds is 7. The number of halogens is 1. The van der Waals surface area contributed by atoms with E-state index in [9.17, 15) is 0 Å². The predicted molar refractivity (Wildman–Crippen MR) is 85.5 cm³/mol. The Kier molecular flexibility index (Phi) is 6.34. The first-order chi connectivity index (χ1) is 9.70. The number of hydrogen-bond donors (Lipinski definition) is 1. The van der Waals surface area contributed by atoms with Crippen molar-refractivity contribution in [1.82, 2.24) is 5.32 Å². The maximum Gasteiger partial charge on any atom is 0.0586 e. The van der Waals surface area contributed by atoms with Gasteiger partial charge in [-0.3, -0.25) is 0 Å². The Morgan fingerprint density at radius 1 is 1.35 bits per heavy atom. The zero-order valence-electron chi connectivity index (χ0n) is 12.6. The summed E-state index contributed by atoms with van der Waals surface area (Å²) >= 11 is 6.38. The summed E-state index contributed by atoms with van der Waals surface area (Å²) < 4.78 is 5.99. The minimum absolute atomic E-state index is 0.384. The van der Waals surface area contributed by atoms with Crippen molar-refractivity contribution in [3.63, 3.8) is 0 Å². The zero-order valence-corrected chi connectivity index (χ0v) is 13.3. The van der Waals surface area contributed by atoms with E-state index in [2.05, 4.69) is 31.3 Å². The van der Waals surface area contributed by atoms with Gasteiger partial charge in [0.25, 0.3) is 0 Å². The summed E-state index contributed by atoms with van der Waals surface area (Å²) in [6.45, 7) is 6.40. The van der Waals surface area contributed by atoms with E-state index in [4.69, 9.17) is 16.3 Å². The topological polar surface area (TPSA) is 21.3 Å². The Morgan fingerprint density at radius 3 is 2.80 bits per heavy atom.